The van der Waals surface area contributed by atoms with E-state index in [1.54, 1.807) is 0 Å². The largest absolute Gasteiger partial charge is 0.461 e. The number of anilines is 2. The molecular weight excluding hydrogens is 669 g/mol. The van der Waals surface area contributed by atoms with Crippen molar-refractivity contribution in [3.05, 3.63) is 72.1 Å². The number of piperidine rings is 1. The van der Waals surface area contributed by atoms with Crippen molar-refractivity contribution in [1.82, 2.24) is 40.5 Å². The molecule has 6 rings (SSSR count). The Kier molecular flexibility index (Phi) is 14.8. The van der Waals surface area contributed by atoms with Crippen LogP contribution in [-0.2, 0) is 34.0 Å². The number of hydrogen-bond donors (Lipinski definition) is 4. The first-order valence-electron chi connectivity index (χ1n) is 19.7. The van der Waals surface area contributed by atoms with Gasteiger partial charge in [0.1, 0.15) is 18.1 Å². The van der Waals surface area contributed by atoms with E-state index < -0.39 is 0 Å². The van der Waals surface area contributed by atoms with Gasteiger partial charge in [-0.25, -0.2) is 4.98 Å². The summed E-state index contributed by atoms with van der Waals surface area (Å²) in [4.78, 5) is 36.6. The molecule has 2 aromatic carbocycles. The Morgan fingerprint density at radius 3 is 2.45 bits per heavy atom. The van der Waals surface area contributed by atoms with Crippen molar-refractivity contribution in [2.75, 3.05) is 43.4 Å². The summed E-state index contributed by atoms with van der Waals surface area (Å²) in [6.07, 6.45) is 13.6. The number of carbonyl (C=O) groups is 2. The topological polar surface area (TPSA) is 151 Å². The monoisotopic (exact) mass is 724 g/mol. The van der Waals surface area contributed by atoms with Crippen molar-refractivity contribution in [2.45, 2.75) is 109 Å². The summed E-state index contributed by atoms with van der Waals surface area (Å²) in [5.74, 6) is 1.11. The highest BCUT2D eigenvalue weighted by Crippen LogP contribution is 2.25. The van der Waals surface area contributed by atoms with Crippen LogP contribution in [0, 0.1) is 0 Å². The number of carbonyl (C=O) groups excluding carboxylic acids is 2. The minimum absolute atomic E-state index is 0.0832. The zero-order chi connectivity index (χ0) is 36.5. The van der Waals surface area contributed by atoms with Crippen LogP contribution in [0.1, 0.15) is 88.3 Å². The van der Waals surface area contributed by atoms with Gasteiger partial charge in [0.2, 0.25) is 11.9 Å². The summed E-state index contributed by atoms with van der Waals surface area (Å²) >= 11 is 0. The molecule has 53 heavy (non-hydrogen) atoms. The predicted molar refractivity (Wildman–Crippen MR) is 207 cm³/mol. The molecule has 1 saturated heterocycles. The summed E-state index contributed by atoms with van der Waals surface area (Å²) in [6.45, 7) is 5.94. The fourth-order valence-corrected chi connectivity index (χ4v) is 7.10. The Hall–Kier alpha value is -4.62. The van der Waals surface area contributed by atoms with E-state index in [2.05, 4.69) is 31.6 Å². The van der Waals surface area contributed by atoms with E-state index in [1.165, 1.54) is 32.1 Å². The maximum Gasteiger partial charge on any atom is 0.306 e. The van der Waals surface area contributed by atoms with E-state index in [1.807, 2.05) is 70.4 Å². The number of fused-ring (bicyclic) bond motifs is 1. The lowest BCUT2D eigenvalue weighted by Crippen LogP contribution is -2.42. The Balaban J connectivity index is 0.887. The first-order chi connectivity index (χ1) is 26.1. The molecule has 4 N–H and O–H groups in total. The highest BCUT2D eigenvalue weighted by Gasteiger charge is 2.24. The lowest BCUT2D eigenvalue weighted by Gasteiger charge is -2.33. The van der Waals surface area contributed by atoms with Gasteiger partial charge in [-0.3, -0.25) is 14.3 Å². The highest BCUT2D eigenvalue weighted by molar-refractivity contribution is 5.90. The van der Waals surface area contributed by atoms with Crippen LogP contribution < -0.4 is 21.3 Å². The van der Waals surface area contributed by atoms with Crippen LogP contribution in [0.25, 0.3) is 10.9 Å². The minimum Gasteiger partial charge on any atom is -0.461 e. The lowest BCUT2D eigenvalue weighted by molar-refractivity contribution is -0.145. The number of para-hydroxylation sites is 1. The minimum atomic E-state index is -0.274. The van der Waals surface area contributed by atoms with E-state index >= 15 is 0 Å². The summed E-state index contributed by atoms with van der Waals surface area (Å²) in [5, 5.41) is 23.9. The molecule has 2 aromatic heterocycles. The van der Waals surface area contributed by atoms with Crippen molar-refractivity contribution in [3.8, 4) is 0 Å². The molecule has 0 unspecified atom stereocenters. The maximum atomic E-state index is 12.9. The number of hydrogen-bond acceptors (Lipinski definition) is 11. The lowest BCUT2D eigenvalue weighted by atomic mass is 9.95. The zero-order valence-corrected chi connectivity index (χ0v) is 31.0. The SMILES string of the molecule is O=C(CCCC(=O)N1CCC(Nc2nc(NCc3cn(CCCNCCCNC4CCCCC4)nn3)nc3ccccc23)CC1)OCc1ccccc1. The van der Waals surface area contributed by atoms with Crippen LogP contribution in [0.5, 0.6) is 0 Å². The smallest absolute Gasteiger partial charge is 0.306 e. The standard InChI is InChI=1S/C40H56N10O3/c51-37(18-9-19-38(52)53-30-31-12-3-1-4-13-31)49-26-20-33(21-27-49)44-39-35-16-7-8-17-36(35)45-40(46-39)43-28-34-29-50(48-47-34)25-11-23-41-22-10-24-42-32-14-5-2-6-15-32/h1,3-4,7-8,12-13,16-17,29,32-33,41-42H,2,5-6,9-11,14-15,18-28,30H2,(H2,43,44,45,46). The van der Waals surface area contributed by atoms with Gasteiger partial charge in [-0.15, -0.1) is 5.10 Å². The average Bonchev–Trinajstić information content (AvgIpc) is 3.66. The van der Waals surface area contributed by atoms with E-state index in [9.17, 15) is 9.59 Å². The maximum absolute atomic E-state index is 12.9. The Labute approximate surface area is 313 Å². The molecule has 2 fully saturated rings. The molecule has 1 saturated carbocycles. The second-order valence-electron chi connectivity index (χ2n) is 14.3. The number of ether oxygens (including phenoxy) is 1. The van der Waals surface area contributed by atoms with Crippen molar-refractivity contribution >= 4 is 34.5 Å². The van der Waals surface area contributed by atoms with Crippen molar-refractivity contribution in [2.24, 2.45) is 0 Å². The number of nitrogens with one attached hydrogen (secondary N) is 4. The third kappa shape index (κ3) is 12.5. The summed E-state index contributed by atoms with van der Waals surface area (Å²) in [7, 11) is 0. The number of aryl methyl sites for hydroxylation is 1. The third-order valence-corrected chi connectivity index (χ3v) is 10.1. The summed E-state index contributed by atoms with van der Waals surface area (Å²) in [6, 6.07) is 18.5. The van der Waals surface area contributed by atoms with Crippen molar-refractivity contribution < 1.29 is 14.3 Å². The van der Waals surface area contributed by atoms with Crippen LogP contribution in [0.4, 0.5) is 11.8 Å². The van der Waals surface area contributed by atoms with Gasteiger partial charge in [-0.1, -0.05) is 66.9 Å². The highest BCUT2D eigenvalue weighted by atomic mass is 16.5. The Morgan fingerprint density at radius 1 is 0.811 bits per heavy atom. The number of nitrogens with zero attached hydrogens (tertiary/aromatic N) is 6. The molecule has 1 aliphatic heterocycles. The van der Waals surface area contributed by atoms with E-state index in [0.29, 0.717) is 38.4 Å². The molecule has 0 spiro atoms. The Bertz CT molecular complexity index is 1700. The molecule has 4 aromatic rings. The summed E-state index contributed by atoms with van der Waals surface area (Å²) in [5.41, 5.74) is 2.64. The molecule has 1 aliphatic carbocycles. The molecule has 2 aliphatic rings. The van der Waals surface area contributed by atoms with Gasteiger partial charge in [-0.2, -0.15) is 4.98 Å². The number of esters is 1. The average molecular weight is 725 g/mol. The van der Waals surface area contributed by atoms with Gasteiger partial charge in [-0.05, 0) is 82.3 Å². The third-order valence-electron chi connectivity index (χ3n) is 10.1. The summed E-state index contributed by atoms with van der Waals surface area (Å²) < 4.78 is 7.25. The van der Waals surface area contributed by atoms with Gasteiger partial charge < -0.3 is 30.9 Å². The molecule has 0 atom stereocenters. The van der Waals surface area contributed by atoms with E-state index in [0.717, 1.165) is 85.9 Å². The molecule has 1 amide bonds. The van der Waals surface area contributed by atoms with E-state index in [-0.39, 0.29) is 30.9 Å². The van der Waals surface area contributed by atoms with Gasteiger partial charge >= 0.3 is 5.97 Å². The number of aromatic nitrogens is 5. The van der Waals surface area contributed by atoms with Crippen LogP contribution in [0.15, 0.2) is 60.8 Å². The predicted octanol–water partition coefficient (Wildman–Crippen LogP) is 5.44. The normalized spacial score (nSPS) is 15.4. The molecule has 284 valence electrons. The molecular formula is C40H56N10O3. The fraction of sp³-hybridized carbons (Fsp3) is 0.550. The number of benzene rings is 2. The van der Waals surface area contributed by atoms with Gasteiger partial charge in [0.05, 0.1) is 18.3 Å². The molecule has 13 nitrogen and oxygen atoms in total. The number of amides is 1. The van der Waals surface area contributed by atoms with Crippen LogP contribution >= 0.6 is 0 Å². The first-order valence-corrected chi connectivity index (χ1v) is 19.7. The second kappa shape index (κ2) is 20.6. The fourth-order valence-electron chi connectivity index (χ4n) is 7.10. The van der Waals surface area contributed by atoms with Gasteiger partial charge in [0.25, 0.3) is 0 Å². The van der Waals surface area contributed by atoms with E-state index in [4.69, 9.17) is 14.7 Å². The van der Waals surface area contributed by atoms with Crippen LogP contribution in [-0.4, -0.2) is 86.5 Å². The van der Waals surface area contributed by atoms with Crippen LogP contribution in [0.2, 0.25) is 0 Å². The quantitative estimate of drug-likeness (QED) is 0.0682. The zero-order valence-electron chi connectivity index (χ0n) is 31.0. The van der Waals surface area contributed by atoms with Crippen molar-refractivity contribution in [3.63, 3.8) is 0 Å². The molecule has 13 heteroatoms. The number of likely N-dealkylation sites (tertiary alicyclic amines) is 1. The molecule has 0 bridgehead atoms. The van der Waals surface area contributed by atoms with Crippen LogP contribution in [0.3, 0.4) is 0 Å². The number of rotatable bonds is 20. The molecule has 3 heterocycles. The first kappa shape index (κ1) is 38.1. The van der Waals surface area contributed by atoms with Gasteiger partial charge in [0.15, 0.2) is 0 Å². The van der Waals surface area contributed by atoms with Gasteiger partial charge in [0, 0.05) is 49.9 Å². The molecule has 0 radical (unpaired) electrons. The second-order valence-corrected chi connectivity index (χ2v) is 14.3. The van der Waals surface area contributed by atoms with Crippen molar-refractivity contribution in [1.29, 1.82) is 0 Å². The Morgan fingerprint density at radius 2 is 1.60 bits per heavy atom.